The number of nitrogens with zero attached hydrogens (tertiary/aromatic N) is 3. The number of fused-ring (bicyclic) bond motifs is 4. The number of anilines is 1. The van der Waals surface area contributed by atoms with Crippen molar-refractivity contribution in [2.24, 2.45) is 0 Å². The van der Waals surface area contributed by atoms with Crippen molar-refractivity contribution in [1.29, 1.82) is 0 Å². The Morgan fingerprint density at radius 3 is 2.82 bits per heavy atom. The van der Waals surface area contributed by atoms with Crippen LogP contribution in [-0.4, -0.2) is 29.2 Å². The molecule has 7 heteroatoms. The van der Waals surface area contributed by atoms with Gasteiger partial charge in [-0.3, -0.25) is 0 Å². The van der Waals surface area contributed by atoms with Crippen LogP contribution in [-0.2, 0) is 6.18 Å². The summed E-state index contributed by atoms with van der Waals surface area (Å²) in [5.74, 6) is 0.994. The molecule has 3 heterocycles. The minimum absolute atomic E-state index is 0.212. The van der Waals surface area contributed by atoms with E-state index >= 15 is 0 Å². The Morgan fingerprint density at radius 1 is 1.14 bits per heavy atom. The molecular weight excluding hydrogens is 295 g/mol. The molecule has 0 aliphatic carbocycles. The third-order valence-electron chi connectivity index (χ3n) is 4.25. The summed E-state index contributed by atoms with van der Waals surface area (Å²) in [7, 11) is 0. The third kappa shape index (κ3) is 2.15. The van der Waals surface area contributed by atoms with E-state index in [4.69, 9.17) is 4.74 Å². The van der Waals surface area contributed by atoms with E-state index in [2.05, 4.69) is 14.9 Å². The van der Waals surface area contributed by atoms with Crippen molar-refractivity contribution in [1.82, 2.24) is 9.97 Å². The van der Waals surface area contributed by atoms with Crippen molar-refractivity contribution in [2.45, 2.75) is 31.5 Å². The normalized spacial score (nSPS) is 21.2. The predicted octanol–water partition coefficient (Wildman–Crippen LogP) is 3.40. The zero-order chi connectivity index (χ0) is 15.3. The van der Waals surface area contributed by atoms with Crippen LogP contribution < -0.4 is 9.64 Å². The summed E-state index contributed by atoms with van der Waals surface area (Å²) in [6.07, 6.45) is -1.09. The number of hydrogen-bond acceptors (Lipinski definition) is 4. The molecule has 0 bridgehead atoms. The highest BCUT2D eigenvalue weighted by Crippen LogP contribution is 2.37. The van der Waals surface area contributed by atoms with E-state index in [9.17, 15) is 13.2 Å². The Balaban J connectivity index is 1.82. The van der Waals surface area contributed by atoms with Crippen LogP contribution in [0.2, 0.25) is 0 Å². The molecule has 2 aromatic rings. The molecule has 1 aromatic heterocycles. The summed E-state index contributed by atoms with van der Waals surface area (Å²) < 4.78 is 44.0. The molecule has 0 N–H and O–H groups in total. The van der Waals surface area contributed by atoms with Crippen LogP contribution in [0.4, 0.5) is 19.0 Å². The molecular formula is C15H14F3N3O. The summed E-state index contributed by atoms with van der Waals surface area (Å²) in [5.41, 5.74) is -0.0495. The van der Waals surface area contributed by atoms with Gasteiger partial charge in [-0.25, -0.2) is 9.97 Å². The van der Waals surface area contributed by atoms with Gasteiger partial charge >= 0.3 is 6.18 Å². The summed E-state index contributed by atoms with van der Waals surface area (Å²) in [5, 5.41) is 0. The number of ether oxygens (including phenoxy) is 1. The van der Waals surface area contributed by atoms with Crippen LogP contribution in [0, 0.1) is 0 Å². The van der Waals surface area contributed by atoms with Gasteiger partial charge in [-0.2, -0.15) is 13.2 Å². The van der Waals surface area contributed by atoms with Crippen LogP contribution in [0.25, 0.3) is 11.0 Å². The molecule has 1 unspecified atom stereocenters. The van der Waals surface area contributed by atoms with Crippen molar-refractivity contribution in [3.05, 3.63) is 23.8 Å². The quantitative estimate of drug-likeness (QED) is 0.747. The standard InChI is InChI=1S/C15H14F3N3O/c16-15(17,18)9-4-5-11-12(7-9)20-14-13(19-11)21-6-2-1-3-10(21)8-22-14/h4-5,7,10H,1-3,6,8H2. The Bertz CT molecular complexity index is 732. The van der Waals surface area contributed by atoms with Crippen molar-refractivity contribution < 1.29 is 17.9 Å². The molecule has 0 saturated carbocycles. The van der Waals surface area contributed by atoms with Crippen LogP contribution >= 0.6 is 0 Å². The number of aromatic nitrogens is 2. The largest absolute Gasteiger partial charge is 0.473 e. The molecule has 4 rings (SSSR count). The summed E-state index contributed by atoms with van der Waals surface area (Å²) in [6, 6.07) is 3.73. The fourth-order valence-electron chi connectivity index (χ4n) is 3.12. The highest BCUT2D eigenvalue weighted by atomic mass is 19.4. The lowest BCUT2D eigenvalue weighted by Gasteiger charge is -2.40. The molecule has 4 nitrogen and oxygen atoms in total. The lowest BCUT2D eigenvalue weighted by molar-refractivity contribution is -0.137. The average molecular weight is 309 g/mol. The molecule has 1 aromatic carbocycles. The first-order valence-electron chi connectivity index (χ1n) is 7.31. The van der Waals surface area contributed by atoms with Gasteiger partial charge in [0.25, 0.3) is 5.88 Å². The first-order valence-corrected chi connectivity index (χ1v) is 7.31. The fraction of sp³-hybridized carbons (Fsp3) is 0.467. The number of alkyl halides is 3. The van der Waals surface area contributed by atoms with Crippen molar-refractivity contribution in [2.75, 3.05) is 18.1 Å². The van der Waals surface area contributed by atoms with Gasteiger partial charge in [-0.05, 0) is 37.5 Å². The van der Waals surface area contributed by atoms with Crippen LogP contribution in [0.3, 0.4) is 0 Å². The van der Waals surface area contributed by atoms with E-state index in [0.717, 1.165) is 37.9 Å². The van der Waals surface area contributed by atoms with Gasteiger partial charge in [0, 0.05) is 6.54 Å². The zero-order valence-electron chi connectivity index (χ0n) is 11.7. The van der Waals surface area contributed by atoms with Crippen LogP contribution in [0.15, 0.2) is 18.2 Å². The van der Waals surface area contributed by atoms with Crippen molar-refractivity contribution in [3.8, 4) is 5.88 Å². The summed E-state index contributed by atoms with van der Waals surface area (Å²) in [6.45, 7) is 1.41. The van der Waals surface area contributed by atoms with Crippen molar-refractivity contribution >= 4 is 16.9 Å². The van der Waals surface area contributed by atoms with E-state index in [-0.39, 0.29) is 5.52 Å². The third-order valence-corrected chi connectivity index (χ3v) is 4.25. The number of hydrogen-bond donors (Lipinski definition) is 0. The van der Waals surface area contributed by atoms with E-state index in [1.807, 2.05) is 0 Å². The fourth-order valence-corrected chi connectivity index (χ4v) is 3.12. The topological polar surface area (TPSA) is 38.3 Å². The second-order valence-corrected chi connectivity index (χ2v) is 5.71. The number of benzene rings is 1. The maximum atomic E-state index is 12.8. The monoisotopic (exact) mass is 309 g/mol. The molecule has 1 atom stereocenters. The van der Waals surface area contributed by atoms with E-state index in [0.29, 0.717) is 29.9 Å². The summed E-state index contributed by atoms with van der Waals surface area (Å²) in [4.78, 5) is 10.9. The van der Waals surface area contributed by atoms with Gasteiger partial charge in [-0.15, -0.1) is 0 Å². The predicted molar refractivity (Wildman–Crippen MR) is 75.0 cm³/mol. The van der Waals surface area contributed by atoms with Crippen LogP contribution in [0.5, 0.6) is 5.88 Å². The van der Waals surface area contributed by atoms with Gasteiger partial charge in [0.05, 0.1) is 22.6 Å². The molecule has 1 saturated heterocycles. The van der Waals surface area contributed by atoms with E-state index in [1.54, 1.807) is 0 Å². The number of piperidine rings is 1. The Hall–Kier alpha value is -2.05. The second kappa shape index (κ2) is 4.72. The van der Waals surface area contributed by atoms with Gasteiger partial charge < -0.3 is 9.64 Å². The Morgan fingerprint density at radius 2 is 2.00 bits per heavy atom. The second-order valence-electron chi connectivity index (χ2n) is 5.71. The number of halogens is 3. The average Bonchev–Trinajstić information content (AvgIpc) is 2.51. The first-order chi connectivity index (χ1) is 10.5. The van der Waals surface area contributed by atoms with E-state index < -0.39 is 11.7 Å². The van der Waals surface area contributed by atoms with Crippen LogP contribution in [0.1, 0.15) is 24.8 Å². The molecule has 0 amide bonds. The van der Waals surface area contributed by atoms with Gasteiger partial charge in [0.2, 0.25) is 0 Å². The lowest BCUT2D eigenvalue weighted by atomic mass is 10.0. The molecule has 2 aliphatic rings. The first kappa shape index (κ1) is 13.6. The summed E-state index contributed by atoms with van der Waals surface area (Å²) >= 11 is 0. The SMILES string of the molecule is FC(F)(F)c1ccc2nc3c(nc2c1)OCC1CCCCN31. The number of rotatable bonds is 0. The molecule has 2 aliphatic heterocycles. The molecule has 0 spiro atoms. The molecule has 0 radical (unpaired) electrons. The smallest absolute Gasteiger partial charge is 0.416 e. The van der Waals surface area contributed by atoms with Gasteiger partial charge in [0.15, 0.2) is 5.82 Å². The maximum Gasteiger partial charge on any atom is 0.416 e. The Labute approximate surface area is 124 Å². The van der Waals surface area contributed by atoms with Gasteiger partial charge in [0.1, 0.15) is 6.61 Å². The molecule has 1 fully saturated rings. The highest BCUT2D eigenvalue weighted by Gasteiger charge is 2.33. The Kier molecular flexibility index (Phi) is 2.92. The minimum Gasteiger partial charge on any atom is -0.473 e. The lowest BCUT2D eigenvalue weighted by Crippen LogP contribution is -2.46. The highest BCUT2D eigenvalue weighted by molar-refractivity contribution is 5.79. The maximum absolute atomic E-state index is 12.8. The molecule has 22 heavy (non-hydrogen) atoms. The molecule has 116 valence electrons. The minimum atomic E-state index is -4.38. The van der Waals surface area contributed by atoms with Gasteiger partial charge in [-0.1, -0.05) is 0 Å². The van der Waals surface area contributed by atoms with E-state index in [1.165, 1.54) is 6.07 Å². The zero-order valence-corrected chi connectivity index (χ0v) is 11.7. The van der Waals surface area contributed by atoms with Crippen molar-refractivity contribution in [3.63, 3.8) is 0 Å².